The highest BCUT2D eigenvalue weighted by Crippen LogP contribution is 2.59. The average Bonchev–Trinajstić information content (AvgIpc) is 3.72. The first-order valence-electron chi connectivity index (χ1n) is 16.5. The van der Waals surface area contributed by atoms with Gasteiger partial charge in [-0.1, -0.05) is 35.3 Å². The van der Waals surface area contributed by atoms with Crippen molar-refractivity contribution in [2.24, 2.45) is 11.8 Å². The lowest BCUT2D eigenvalue weighted by Gasteiger charge is -2.40. The van der Waals surface area contributed by atoms with Crippen molar-refractivity contribution in [3.8, 4) is 17.2 Å². The largest absolute Gasteiger partial charge is 0.465 e. The molecule has 246 valence electrons. The van der Waals surface area contributed by atoms with Crippen LogP contribution < -0.4 is 0 Å². The summed E-state index contributed by atoms with van der Waals surface area (Å²) >= 11 is 13.0. The molecule has 6 fully saturated rings. The molecule has 1 N–H and O–H groups in total. The van der Waals surface area contributed by atoms with E-state index in [1.807, 2.05) is 19.1 Å². The Kier molecular flexibility index (Phi) is 6.46. The van der Waals surface area contributed by atoms with Crippen LogP contribution in [0, 0.1) is 35.9 Å². The van der Waals surface area contributed by atoms with Gasteiger partial charge in [0.2, 0.25) is 0 Å². The van der Waals surface area contributed by atoms with E-state index in [0.717, 1.165) is 23.0 Å². The minimum Gasteiger partial charge on any atom is -0.465 e. The monoisotopic (exact) mass is 689 g/mol. The highest BCUT2D eigenvalue weighted by atomic mass is 35.5. The Hall–Kier alpha value is -3.94. The van der Waals surface area contributed by atoms with Gasteiger partial charge in [0.25, 0.3) is 5.91 Å². The third kappa shape index (κ3) is 4.13. The number of amides is 2. The molecule has 0 radical (unpaired) electrons. The van der Waals surface area contributed by atoms with Gasteiger partial charge in [-0.25, -0.2) is 18.6 Å². The summed E-state index contributed by atoms with van der Waals surface area (Å²) in [7, 11) is 0. The summed E-state index contributed by atoms with van der Waals surface area (Å²) in [6.45, 7) is 2.21. The molecule has 48 heavy (non-hydrogen) atoms. The number of piperidine rings is 1. The Labute approximate surface area is 284 Å². The number of alkyl halides is 1. The highest BCUT2D eigenvalue weighted by Gasteiger charge is 2.63. The Bertz CT molecular complexity index is 2160. The van der Waals surface area contributed by atoms with Crippen LogP contribution in [-0.2, 0) is 11.2 Å². The molecule has 2 aromatic heterocycles. The molecule has 2 amide bonds. The molecule has 3 aliphatic heterocycles. The molecule has 0 spiro atoms. The van der Waals surface area contributed by atoms with Crippen LogP contribution in [0.3, 0.4) is 0 Å². The van der Waals surface area contributed by atoms with Crippen LogP contribution in [0.15, 0.2) is 30.3 Å². The molecule has 2 bridgehead atoms. The number of pyridine rings is 1. The number of halogens is 4. The Morgan fingerprint density at radius 1 is 1.12 bits per heavy atom. The zero-order chi connectivity index (χ0) is 33.4. The number of hydrogen-bond donors (Lipinski definition) is 1. The average molecular weight is 691 g/mol. The number of fused-ring (bicyclic) bond motifs is 5. The van der Waals surface area contributed by atoms with E-state index < -0.39 is 23.5 Å². The number of carbonyl (C=O) groups is 2. The van der Waals surface area contributed by atoms with E-state index in [0.29, 0.717) is 41.6 Å². The number of carbonyl (C=O) groups excluding carboxylic acids is 1. The highest BCUT2D eigenvalue weighted by molar-refractivity contribution is 6.43. The zero-order valence-electron chi connectivity index (χ0n) is 26.0. The second kappa shape index (κ2) is 10.3. The maximum atomic E-state index is 17.1. The van der Waals surface area contributed by atoms with E-state index in [9.17, 15) is 20.0 Å². The summed E-state index contributed by atoms with van der Waals surface area (Å²) in [5.41, 5.74) is 1.64. The standard InChI is InChI=1S/C36H31Cl2F2N5O3/c1-16-21-14-26(25-12-18-11-24(18)44(25)34(46)36(40)7-8-36)45(32-19-13-27(32)43(15-19)35(47)48)33(21)22-10-17(4-3-9-41)28(30(39)31(22)42-16)20-5-2-6-23(37)29(20)38/h2,5-6,10,14,18-19,24-25,27,32H,3-4,7-8,11-13,15H2,1H3,(H,47,48)/t18-,19-,24-,25-,27-,32+/m1/s1. The van der Waals surface area contributed by atoms with Crippen LogP contribution in [0.4, 0.5) is 13.6 Å². The third-order valence-corrected chi connectivity index (χ3v) is 12.4. The normalized spacial score (nSPS) is 27.7. The molecular formula is C36H31Cl2F2N5O3. The molecule has 4 aromatic rings. The van der Waals surface area contributed by atoms with Crippen LogP contribution in [0.25, 0.3) is 32.9 Å². The van der Waals surface area contributed by atoms with Crippen molar-refractivity contribution in [2.45, 2.75) is 81.7 Å². The fraction of sp³-hybridized carbons (Fsp3) is 0.444. The number of aryl methyl sites for hydroxylation is 2. The molecule has 12 heteroatoms. The van der Waals surface area contributed by atoms with Gasteiger partial charge in [0.05, 0.1) is 39.8 Å². The number of rotatable bonds is 6. The van der Waals surface area contributed by atoms with Gasteiger partial charge < -0.3 is 19.5 Å². The van der Waals surface area contributed by atoms with E-state index in [2.05, 4.69) is 10.6 Å². The Morgan fingerprint density at radius 2 is 1.90 bits per heavy atom. The van der Waals surface area contributed by atoms with Crippen molar-refractivity contribution in [2.75, 3.05) is 6.54 Å². The van der Waals surface area contributed by atoms with Gasteiger partial charge in [-0.2, -0.15) is 5.26 Å². The first kappa shape index (κ1) is 30.1. The molecule has 0 unspecified atom stereocenters. The minimum atomic E-state index is -1.82. The summed E-state index contributed by atoms with van der Waals surface area (Å²) in [5, 5.41) is 21.4. The number of hydrogen-bond acceptors (Lipinski definition) is 4. The SMILES string of the molecule is Cc1nc2c(F)c(-c3cccc(Cl)c3Cl)c(CCC#N)cc2c2c1cc([C@H]1C[C@H]3C[C@H]3N1C(=O)C1(F)CC1)n2[C@H]1[C@@H]2C[C@H]1N(C(=O)O)C2. The molecule has 5 heterocycles. The van der Waals surface area contributed by atoms with Crippen molar-refractivity contribution in [1.82, 2.24) is 19.4 Å². The predicted octanol–water partition coefficient (Wildman–Crippen LogP) is 8.15. The van der Waals surface area contributed by atoms with E-state index in [4.69, 9.17) is 28.2 Å². The number of nitrogens with zero attached hydrogens (tertiary/aromatic N) is 5. The first-order chi connectivity index (χ1) is 23.0. The summed E-state index contributed by atoms with van der Waals surface area (Å²) in [5.74, 6) is -0.713. The van der Waals surface area contributed by atoms with E-state index in [1.54, 1.807) is 23.1 Å². The van der Waals surface area contributed by atoms with Gasteiger partial charge in [0.1, 0.15) is 5.52 Å². The quantitative estimate of drug-likeness (QED) is 0.220. The lowest BCUT2D eigenvalue weighted by atomic mass is 9.79. The van der Waals surface area contributed by atoms with Gasteiger partial charge in [-0.15, -0.1) is 0 Å². The van der Waals surface area contributed by atoms with E-state index >= 15 is 8.78 Å². The Balaban J connectivity index is 1.32. The maximum Gasteiger partial charge on any atom is 0.407 e. The van der Waals surface area contributed by atoms with E-state index in [1.165, 1.54) is 4.90 Å². The van der Waals surface area contributed by atoms with Crippen molar-refractivity contribution >= 4 is 57.0 Å². The van der Waals surface area contributed by atoms with Crippen LogP contribution in [0.1, 0.15) is 67.6 Å². The molecule has 3 saturated carbocycles. The number of benzene rings is 2. The molecular weight excluding hydrogens is 659 g/mol. The molecule has 3 saturated heterocycles. The summed E-state index contributed by atoms with van der Waals surface area (Å²) in [6.07, 6.45) is 2.12. The molecule has 3 aliphatic carbocycles. The summed E-state index contributed by atoms with van der Waals surface area (Å²) in [6, 6.07) is 10.2. The molecule has 2 aromatic carbocycles. The van der Waals surface area contributed by atoms with Crippen molar-refractivity contribution < 1.29 is 23.5 Å². The van der Waals surface area contributed by atoms with Crippen LogP contribution >= 0.6 is 23.2 Å². The predicted molar refractivity (Wildman–Crippen MR) is 176 cm³/mol. The second-order valence-corrected chi connectivity index (χ2v) is 15.0. The Morgan fingerprint density at radius 3 is 2.60 bits per heavy atom. The lowest BCUT2D eigenvalue weighted by molar-refractivity contribution is -0.140. The van der Waals surface area contributed by atoms with Gasteiger partial charge in [0, 0.05) is 58.2 Å². The summed E-state index contributed by atoms with van der Waals surface area (Å²) in [4.78, 5) is 34.0. The van der Waals surface area contributed by atoms with Crippen LogP contribution in [0.5, 0.6) is 0 Å². The van der Waals surface area contributed by atoms with Gasteiger partial charge >= 0.3 is 6.09 Å². The number of likely N-dealkylation sites (tertiary alicyclic amines) is 1. The van der Waals surface area contributed by atoms with Gasteiger partial charge in [-0.3, -0.25) is 4.79 Å². The van der Waals surface area contributed by atoms with Gasteiger partial charge in [0.15, 0.2) is 11.5 Å². The molecule has 8 nitrogen and oxygen atoms in total. The number of carboxylic acid groups (broad SMARTS) is 1. The number of nitriles is 1. The number of aromatic nitrogens is 2. The van der Waals surface area contributed by atoms with Crippen molar-refractivity contribution in [1.29, 1.82) is 5.26 Å². The van der Waals surface area contributed by atoms with Gasteiger partial charge in [-0.05, 0) is 75.1 Å². The second-order valence-electron chi connectivity index (χ2n) is 14.3. The van der Waals surface area contributed by atoms with Crippen LogP contribution in [-0.4, -0.2) is 60.8 Å². The molecule has 6 atom stereocenters. The lowest BCUT2D eigenvalue weighted by Crippen LogP contribution is -2.44. The molecule has 6 aliphatic rings. The minimum absolute atomic E-state index is 0.00758. The van der Waals surface area contributed by atoms with E-state index in [-0.39, 0.29) is 82.8 Å². The smallest absolute Gasteiger partial charge is 0.407 e. The van der Waals surface area contributed by atoms with Crippen molar-refractivity contribution in [3.63, 3.8) is 0 Å². The fourth-order valence-electron chi connectivity index (χ4n) is 9.02. The maximum absolute atomic E-state index is 17.1. The van der Waals surface area contributed by atoms with Crippen molar-refractivity contribution in [3.05, 3.63) is 63.1 Å². The zero-order valence-corrected chi connectivity index (χ0v) is 27.5. The summed E-state index contributed by atoms with van der Waals surface area (Å²) < 4.78 is 34.6. The molecule has 10 rings (SSSR count). The third-order valence-electron chi connectivity index (χ3n) is 11.6. The topological polar surface area (TPSA) is 102 Å². The fourth-order valence-corrected chi connectivity index (χ4v) is 9.41. The first-order valence-corrected chi connectivity index (χ1v) is 17.3. The van der Waals surface area contributed by atoms with Crippen LogP contribution in [0.2, 0.25) is 10.0 Å².